The third kappa shape index (κ3) is 15.7. The topological polar surface area (TPSA) is 116 Å². The zero-order chi connectivity index (χ0) is 28.7. The van der Waals surface area contributed by atoms with Crippen LogP contribution in [0.25, 0.3) is 0 Å². The van der Waals surface area contributed by atoms with Gasteiger partial charge in [0, 0.05) is 13.0 Å². The van der Waals surface area contributed by atoms with Crippen molar-refractivity contribution in [1.82, 2.24) is 4.90 Å². The van der Waals surface area contributed by atoms with Crippen LogP contribution >= 0.6 is 0 Å². The van der Waals surface area contributed by atoms with Crippen LogP contribution in [0.3, 0.4) is 0 Å². The zero-order valence-electron chi connectivity index (χ0n) is 25.5. The number of unbranched alkanes of at least 4 members (excludes halogenated alkanes) is 19. The molecule has 1 amide bonds. The Morgan fingerprint density at radius 1 is 0.667 bits per heavy atom. The van der Waals surface area contributed by atoms with Crippen molar-refractivity contribution in [3.05, 3.63) is 0 Å². The second kappa shape index (κ2) is 23.9. The number of ether oxygens (including phenoxy) is 1. The maximum atomic E-state index is 13.3. The predicted octanol–water partition coefficient (Wildman–Crippen LogP) is 6.20. The fourth-order valence-corrected chi connectivity index (χ4v) is 5.65. The number of aliphatic hydroxyl groups excluding tert-OH is 3. The van der Waals surface area contributed by atoms with Gasteiger partial charge in [-0.1, -0.05) is 136 Å². The molecule has 232 valence electrons. The van der Waals surface area contributed by atoms with Crippen LogP contribution in [0.15, 0.2) is 0 Å². The highest BCUT2D eigenvalue weighted by Crippen LogP contribution is 2.24. The molecule has 7 heteroatoms. The zero-order valence-corrected chi connectivity index (χ0v) is 25.5. The van der Waals surface area contributed by atoms with Gasteiger partial charge in [-0.25, -0.2) is 0 Å². The van der Waals surface area contributed by atoms with E-state index in [1.807, 2.05) is 0 Å². The highest BCUT2D eigenvalue weighted by atomic mass is 16.5. The normalized spacial score (nSPS) is 23.3. The van der Waals surface area contributed by atoms with Crippen LogP contribution in [0.1, 0.15) is 155 Å². The van der Waals surface area contributed by atoms with Gasteiger partial charge < -0.3 is 30.7 Å². The van der Waals surface area contributed by atoms with Crippen molar-refractivity contribution < 1.29 is 24.9 Å². The Bertz CT molecular complexity index is 577. The van der Waals surface area contributed by atoms with Gasteiger partial charge in [-0.15, -0.1) is 0 Å². The van der Waals surface area contributed by atoms with E-state index in [0.29, 0.717) is 13.0 Å². The average molecular weight is 557 g/mol. The molecule has 1 heterocycles. The minimum Gasteiger partial charge on any atom is -0.394 e. The molecule has 1 aliphatic heterocycles. The molecular formula is C32H64N2O5. The highest BCUT2D eigenvalue weighted by molar-refractivity contribution is 5.76. The minimum atomic E-state index is -1.26. The molecule has 1 saturated heterocycles. The first-order valence-corrected chi connectivity index (χ1v) is 16.6. The van der Waals surface area contributed by atoms with Gasteiger partial charge in [0.2, 0.25) is 5.91 Å². The molecule has 1 aliphatic rings. The van der Waals surface area contributed by atoms with Crippen LogP contribution in [-0.2, 0) is 9.53 Å². The van der Waals surface area contributed by atoms with Crippen molar-refractivity contribution in [2.75, 3.05) is 13.2 Å². The van der Waals surface area contributed by atoms with Gasteiger partial charge in [0.1, 0.15) is 18.3 Å². The number of hydrogen-bond donors (Lipinski definition) is 4. The Morgan fingerprint density at radius 2 is 1.08 bits per heavy atom. The SMILES string of the molecule is CCCCCCCCCCCCCC(=O)N(CCCCCCCCCCCC)[C@@H]1O[C@H](CO)[C@@H](O)[C@H](O)[C@H]1N. The first kappa shape index (κ1) is 36.3. The summed E-state index contributed by atoms with van der Waals surface area (Å²) in [4.78, 5) is 15.0. The van der Waals surface area contributed by atoms with E-state index in [-0.39, 0.29) is 5.91 Å². The maximum absolute atomic E-state index is 13.3. The van der Waals surface area contributed by atoms with Crippen LogP contribution in [0.5, 0.6) is 0 Å². The lowest BCUT2D eigenvalue weighted by Gasteiger charge is -2.45. The molecule has 0 bridgehead atoms. The number of carbonyl (C=O) groups is 1. The molecule has 39 heavy (non-hydrogen) atoms. The van der Waals surface area contributed by atoms with Crippen molar-refractivity contribution >= 4 is 5.91 Å². The van der Waals surface area contributed by atoms with Crippen LogP contribution in [0.2, 0.25) is 0 Å². The first-order chi connectivity index (χ1) is 19.0. The van der Waals surface area contributed by atoms with E-state index in [9.17, 15) is 20.1 Å². The number of hydrogen-bond acceptors (Lipinski definition) is 6. The van der Waals surface area contributed by atoms with Crippen molar-refractivity contribution in [2.45, 2.75) is 186 Å². The van der Waals surface area contributed by atoms with Gasteiger partial charge in [-0.2, -0.15) is 0 Å². The summed E-state index contributed by atoms with van der Waals surface area (Å²) in [7, 11) is 0. The van der Waals surface area contributed by atoms with Crippen molar-refractivity contribution in [3.8, 4) is 0 Å². The van der Waals surface area contributed by atoms with E-state index in [2.05, 4.69) is 13.8 Å². The molecule has 0 unspecified atom stereocenters. The summed E-state index contributed by atoms with van der Waals surface area (Å²) in [5, 5.41) is 30.3. The Balaban J connectivity index is 2.44. The number of amides is 1. The molecule has 0 aromatic heterocycles. The fourth-order valence-electron chi connectivity index (χ4n) is 5.65. The van der Waals surface area contributed by atoms with E-state index in [1.165, 1.54) is 96.3 Å². The van der Waals surface area contributed by atoms with Crippen LogP contribution in [0.4, 0.5) is 0 Å². The third-order valence-electron chi connectivity index (χ3n) is 8.32. The second-order valence-electron chi connectivity index (χ2n) is 11.9. The molecule has 1 rings (SSSR count). The molecule has 0 spiro atoms. The minimum absolute atomic E-state index is 0.0115. The Labute approximate surface area is 240 Å². The van der Waals surface area contributed by atoms with Gasteiger partial charge in [0.05, 0.1) is 12.6 Å². The summed E-state index contributed by atoms with van der Waals surface area (Å²) in [6.07, 6.45) is 21.8. The quantitative estimate of drug-likeness (QED) is 0.0995. The lowest BCUT2D eigenvalue weighted by molar-refractivity contribution is -0.226. The second-order valence-corrected chi connectivity index (χ2v) is 11.9. The van der Waals surface area contributed by atoms with E-state index in [4.69, 9.17) is 10.5 Å². The summed E-state index contributed by atoms with van der Waals surface area (Å²) in [6, 6.07) is -0.910. The van der Waals surface area contributed by atoms with Crippen LogP contribution < -0.4 is 5.73 Å². The number of rotatable bonds is 25. The molecule has 0 saturated carbocycles. The lowest BCUT2D eigenvalue weighted by atomic mass is 9.95. The van der Waals surface area contributed by atoms with Gasteiger partial charge in [-0.05, 0) is 12.8 Å². The van der Waals surface area contributed by atoms with E-state index in [1.54, 1.807) is 4.90 Å². The molecule has 0 aromatic rings. The highest BCUT2D eigenvalue weighted by Gasteiger charge is 2.45. The molecule has 0 aliphatic carbocycles. The fraction of sp³-hybridized carbons (Fsp3) is 0.969. The molecule has 5 atom stereocenters. The Morgan fingerprint density at radius 3 is 1.51 bits per heavy atom. The van der Waals surface area contributed by atoms with Gasteiger partial charge >= 0.3 is 0 Å². The van der Waals surface area contributed by atoms with Gasteiger partial charge in [0.15, 0.2) is 6.23 Å². The molecule has 0 radical (unpaired) electrons. The Hall–Kier alpha value is -0.730. The molecule has 7 nitrogen and oxygen atoms in total. The first-order valence-electron chi connectivity index (χ1n) is 16.6. The smallest absolute Gasteiger partial charge is 0.224 e. The third-order valence-corrected chi connectivity index (χ3v) is 8.32. The van der Waals surface area contributed by atoms with Crippen LogP contribution in [-0.4, -0.2) is 69.9 Å². The monoisotopic (exact) mass is 556 g/mol. The van der Waals surface area contributed by atoms with E-state index >= 15 is 0 Å². The van der Waals surface area contributed by atoms with Crippen molar-refractivity contribution in [1.29, 1.82) is 0 Å². The average Bonchev–Trinajstić information content (AvgIpc) is 2.94. The standard InChI is InChI=1S/C32H64N2O5/c1-3-5-7-9-11-13-15-16-18-20-22-24-28(36)34(25-23-21-19-17-14-12-10-8-6-4-2)32-29(33)31(38)30(37)27(26-35)39-32/h27,29-32,35,37-38H,3-26,33H2,1-2H3/t27-,29-,30-,31-,32-/m1/s1. The van der Waals surface area contributed by atoms with Gasteiger partial charge in [-0.3, -0.25) is 4.79 Å². The molecule has 1 fully saturated rings. The van der Waals surface area contributed by atoms with E-state index < -0.39 is 37.2 Å². The molecule has 0 aromatic carbocycles. The van der Waals surface area contributed by atoms with Gasteiger partial charge in [0.25, 0.3) is 0 Å². The summed E-state index contributed by atoms with van der Waals surface area (Å²) >= 11 is 0. The lowest BCUT2D eigenvalue weighted by Crippen LogP contribution is -2.67. The maximum Gasteiger partial charge on any atom is 0.224 e. The summed E-state index contributed by atoms with van der Waals surface area (Å²) in [6.45, 7) is 4.58. The van der Waals surface area contributed by atoms with E-state index in [0.717, 1.165) is 38.5 Å². The number of aliphatic hydroxyl groups is 3. The van der Waals surface area contributed by atoms with Crippen LogP contribution in [0, 0.1) is 0 Å². The predicted molar refractivity (Wildman–Crippen MR) is 160 cm³/mol. The molecular weight excluding hydrogens is 492 g/mol. The number of carbonyl (C=O) groups excluding carboxylic acids is 1. The van der Waals surface area contributed by atoms with Crippen molar-refractivity contribution in [3.63, 3.8) is 0 Å². The number of nitrogens with zero attached hydrogens (tertiary/aromatic N) is 1. The number of nitrogens with two attached hydrogens (primary N) is 1. The largest absolute Gasteiger partial charge is 0.394 e. The Kier molecular flexibility index (Phi) is 22.3. The summed E-state index contributed by atoms with van der Waals surface area (Å²) in [5.41, 5.74) is 6.24. The van der Waals surface area contributed by atoms with Crippen molar-refractivity contribution in [2.24, 2.45) is 5.73 Å². The summed E-state index contributed by atoms with van der Waals surface area (Å²) in [5.74, 6) is -0.0115. The summed E-state index contributed by atoms with van der Waals surface area (Å²) < 4.78 is 5.88. The molecule has 5 N–H and O–H groups in total.